The van der Waals surface area contributed by atoms with Crippen LogP contribution in [-0.2, 0) is 4.74 Å². The fourth-order valence-corrected chi connectivity index (χ4v) is 2.64. The van der Waals surface area contributed by atoms with E-state index in [2.05, 4.69) is 22.0 Å². The molecule has 1 aromatic rings. The van der Waals surface area contributed by atoms with E-state index in [1.54, 1.807) is 4.90 Å². The maximum Gasteiger partial charge on any atom is 0.409 e. The summed E-state index contributed by atoms with van der Waals surface area (Å²) >= 11 is 0. The lowest BCUT2D eigenvalue weighted by Gasteiger charge is -2.25. The number of aromatic nitrogens is 2. The molecule has 1 aliphatic heterocycles. The van der Waals surface area contributed by atoms with Gasteiger partial charge in [0.25, 0.3) is 0 Å². The molecule has 0 bridgehead atoms. The summed E-state index contributed by atoms with van der Waals surface area (Å²) in [5.74, 6) is 2.00. The van der Waals surface area contributed by atoms with E-state index < -0.39 is 0 Å². The van der Waals surface area contributed by atoms with E-state index in [0.29, 0.717) is 25.0 Å². The fourth-order valence-electron chi connectivity index (χ4n) is 2.64. The molecule has 7 nitrogen and oxygen atoms in total. The Hall–Kier alpha value is -1.63. The Labute approximate surface area is 144 Å². The highest BCUT2D eigenvalue weighted by atomic mass is 16.6. The number of carbonyl (C=O) groups excluding carboxylic acids is 1. The lowest BCUT2D eigenvalue weighted by molar-refractivity contribution is 0.0919. The zero-order valence-corrected chi connectivity index (χ0v) is 15.5. The van der Waals surface area contributed by atoms with Gasteiger partial charge in [0.1, 0.15) is 0 Å². The Morgan fingerprint density at radius 3 is 2.54 bits per heavy atom. The molecule has 1 unspecified atom stereocenters. The molecule has 1 aromatic heterocycles. The highest BCUT2D eigenvalue weighted by Gasteiger charge is 2.26. The first-order chi connectivity index (χ1) is 11.4. The average Bonchev–Trinajstić information content (AvgIpc) is 2.90. The topological polar surface area (TPSA) is 71.7 Å². The number of hydrogen-bond donors (Lipinski definition) is 0. The summed E-state index contributed by atoms with van der Waals surface area (Å²) in [5, 5.41) is 4.04. The van der Waals surface area contributed by atoms with Gasteiger partial charge < -0.3 is 14.2 Å². The number of amides is 1. The van der Waals surface area contributed by atoms with Gasteiger partial charge in [-0.2, -0.15) is 4.98 Å². The molecule has 2 heterocycles. The third kappa shape index (κ3) is 4.93. The molecule has 1 atom stereocenters. The maximum absolute atomic E-state index is 12.1. The van der Waals surface area contributed by atoms with Gasteiger partial charge in [0.05, 0.1) is 12.6 Å². The highest BCUT2D eigenvalue weighted by molar-refractivity contribution is 5.67. The van der Waals surface area contributed by atoms with Crippen LogP contribution in [0.1, 0.15) is 64.7 Å². The van der Waals surface area contributed by atoms with Gasteiger partial charge in [0.2, 0.25) is 5.89 Å². The monoisotopic (exact) mass is 338 g/mol. The summed E-state index contributed by atoms with van der Waals surface area (Å²) < 4.78 is 10.7. The van der Waals surface area contributed by atoms with Gasteiger partial charge in [-0.3, -0.25) is 4.90 Å². The Morgan fingerprint density at radius 2 is 1.92 bits per heavy atom. The van der Waals surface area contributed by atoms with Crippen LogP contribution in [-0.4, -0.2) is 58.8 Å². The summed E-state index contributed by atoms with van der Waals surface area (Å²) in [6.45, 7) is 13.8. The minimum atomic E-state index is -0.210. The summed E-state index contributed by atoms with van der Waals surface area (Å²) in [7, 11) is 0. The third-order valence-electron chi connectivity index (χ3n) is 4.21. The zero-order chi connectivity index (χ0) is 17.7. The molecule has 1 saturated heterocycles. The Morgan fingerprint density at radius 1 is 1.17 bits per heavy atom. The van der Waals surface area contributed by atoms with Crippen LogP contribution in [0.5, 0.6) is 0 Å². The number of hydrogen-bond acceptors (Lipinski definition) is 6. The van der Waals surface area contributed by atoms with Gasteiger partial charge in [0, 0.05) is 32.1 Å². The first-order valence-corrected chi connectivity index (χ1v) is 8.87. The smallest absolute Gasteiger partial charge is 0.409 e. The quantitative estimate of drug-likeness (QED) is 0.822. The van der Waals surface area contributed by atoms with Crippen LogP contribution in [0.15, 0.2) is 4.52 Å². The lowest BCUT2D eigenvalue weighted by atomic mass is 10.2. The Bertz CT molecular complexity index is 530. The Balaban J connectivity index is 1.90. The minimum Gasteiger partial charge on any atom is -0.449 e. The van der Waals surface area contributed by atoms with Crippen LogP contribution in [0.2, 0.25) is 0 Å². The van der Waals surface area contributed by atoms with Crippen molar-refractivity contribution in [3.05, 3.63) is 11.7 Å². The van der Waals surface area contributed by atoms with Crippen molar-refractivity contribution in [3.8, 4) is 0 Å². The van der Waals surface area contributed by atoms with Crippen molar-refractivity contribution < 1.29 is 14.1 Å². The summed E-state index contributed by atoms with van der Waals surface area (Å²) in [4.78, 5) is 20.7. The largest absolute Gasteiger partial charge is 0.449 e. The molecule has 1 fully saturated rings. The molecule has 0 radical (unpaired) electrons. The third-order valence-corrected chi connectivity index (χ3v) is 4.21. The molecule has 136 valence electrons. The van der Waals surface area contributed by atoms with Crippen LogP contribution < -0.4 is 0 Å². The van der Waals surface area contributed by atoms with Gasteiger partial charge in [-0.25, -0.2) is 4.79 Å². The molecule has 0 saturated carbocycles. The number of nitrogens with zero attached hydrogens (tertiary/aromatic N) is 4. The van der Waals surface area contributed by atoms with Crippen molar-refractivity contribution in [2.75, 3.05) is 32.8 Å². The van der Waals surface area contributed by atoms with Crippen molar-refractivity contribution in [1.29, 1.82) is 0 Å². The molecular formula is C17H30N4O3. The molecule has 0 aliphatic carbocycles. The number of ether oxygens (including phenoxy) is 1. The van der Waals surface area contributed by atoms with Gasteiger partial charge in [0.15, 0.2) is 5.82 Å². The molecule has 2 rings (SSSR count). The number of rotatable bonds is 5. The van der Waals surface area contributed by atoms with Crippen molar-refractivity contribution in [2.24, 2.45) is 5.92 Å². The average molecular weight is 338 g/mol. The second-order valence-electron chi connectivity index (χ2n) is 7.17. The van der Waals surface area contributed by atoms with Crippen LogP contribution in [0.4, 0.5) is 4.79 Å². The predicted molar refractivity (Wildman–Crippen MR) is 90.8 cm³/mol. The van der Waals surface area contributed by atoms with E-state index in [0.717, 1.165) is 31.9 Å². The van der Waals surface area contributed by atoms with Crippen molar-refractivity contribution in [2.45, 2.75) is 53.0 Å². The summed E-state index contributed by atoms with van der Waals surface area (Å²) in [6.07, 6.45) is 0.699. The van der Waals surface area contributed by atoms with E-state index in [-0.39, 0.29) is 18.1 Å². The first kappa shape index (κ1) is 18.7. The van der Waals surface area contributed by atoms with Crippen molar-refractivity contribution in [1.82, 2.24) is 19.9 Å². The van der Waals surface area contributed by atoms with Crippen LogP contribution >= 0.6 is 0 Å². The SMILES string of the molecule is CC(C)COC(=O)N1CCCN(C(C)c2nc(C(C)C)no2)CC1. The molecular weight excluding hydrogens is 308 g/mol. The summed E-state index contributed by atoms with van der Waals surface area (Å²) in [6, 6.07) is 0.0524. The van der Waals surface area contributed by atoms with E-state index >= 15 is 0 Å². The van der Waals surface area contributed by atoms with E-state index in [1.165, 1.54) is 0 Å². The fraction of sp³-hybridized carbons (Fsp3) is 0.824. The van der Waals surface area contributed by atoms with Gasteiger partial charge >= 0.3 is 6.09 Å². The van der Waals surface area contributed by atoms with Gasteiger partial charge in [-0.15, -0.1) is 0 Å². The molecule has 1 aliphatic rings. The second-order valence-corrected chi connectivity index (χ2v) is 7.17. The highest BCUT2D eigenvalue weighted by Crippen LogP contribution is 2.22. The van der Waals surface area contributed by atoms with Crippen molar-refractivity contribution >= 4 is 6.09 Å². The normalized spacial score (nSPS) is 18.0. The van der Waals surface area contributed by atoms with Gasteiger partial charge in [-0.05, 0) is 19.3 Å². The molecule has 24 heavy (non-hydrogen) atoms. The Kier molecular flexibility index (Phi) is 6.60. The molecule has 7 heteroatoms. The van der Waals surface area contributed by atoms with Crippen molar-refractivity contribution in [3.63, 3.8) is 0 Å². The lowest BCUT2D eigenvalue weighted by Crippen LogP contribution is -2.36. The molecule has 0 N–H and O–H groups in total. The standard InChI is InChI=1S/C17H30N4O3/c1-12(2)11-23-17(22)21-8-6-7-20(9-10-21)14(5)16-18-15(13(3)4)19-24-16/h12-14H,6-11H2,1-5H3. The van der Waals surface area contributed by atoms with E-state index in [4.69, 9.17) is 9.26 Å². The second kappa shape index (κ2) is 8.46. The summed E-state index contributed by atoms with van der Waals surface area (Å²) in [5.41, 5.74) is 0. The van der Waals surface area contributed by atoms with Gasteiger partial charge in [-0.1, -0.05) is 32.9 Å². The van der Waals surface area contributed by atoms with E-state index in [9.17, 15) is 4.79 Å². The van der Waals surface area contributed by atoms with Crippen LogP contribution in [0.3, 0.4) is 0 Å². The number of carbonyl (C=O) groups is 1. The van der Waals surface area contributed by atoms with Crippen LogP contribution in [0.25, 0.3) is 0 Å². The zero-order valence-electron chi connectivity index (χ0n) is 15.5. The van der Waals surface area contributed by atoms with Crippen LogP contribution in [0, 0.1) is 5.92 Å². The molecule has 1 amide bonds. The molecule has 0 spiro atoms. The maximum atomic E-state index is 12.1. The molecule has 0 aromatic carbocycles. The van der Waals surface area contributed by atoms with E-state index in [1.807, 2.05) is 27.7 Å². The predicted octanol–water partition coefficient (Wildman–Crippen LogP) is 3.05. The minimum absolute atomic E-state index is 0.0524. The first-order valence-electron chi connectivity index (χ1n) is 8.87.